The molecule has 0 aliphatic rings. The summed E-state index contributed by atoms with van der Waals surface area (Å²) >= 11 is 0. The molecule has 2 aromatic rings. The highest BCUT2D eigenvalue weighted by atomic mass is 15.3. The molecule has 4 heteroatoms. The van der Waals surface area contributed by atoms with Crippen molar-refractivity contribution in [2.45, 2.75) is 32.6 Å². The Morgan fingerprint density at radius 1 is 1.33 bits per heavy atom. The summed E-state index contributed by atoms with van der Waals surface area (Å²) in [4.78, 5) is 4.17. The van der Waals surface area contributed by atoms with Crippen molar-refractivity contribution in [3.05, 3.63) is 30.2 Å². The number of aromatic nitrogens is 3. The second-order valence-electron chi connectivity index (χ2n) is 4.52. The Bertz CT molecular complexity index is 512. The highest BCUT2D eigenvalue weighted by Crippen LogP contribution is 2.35. The molecule has 18 heavy (non-hydrogen) atoms. The highest BCUT2D eigenvalue weighted by molar-refractivity contribution is 5.76. The lowest BCUT2D eigenvalue weighted by atomic mass is 9.93. The molecule has 0 amide bonds. The molecule has 0 fully saturated rings. The van der Waals surface area contributed by atoms with Gasteiger partial charge >= 0.3 is 0 Å². The lowest BCUT2D eigenvalue weighted by molar-refractivity contribution is 0.605. The van der Waals surface area contributed by atoms with E-state index in [9.17, 15) is 0 Å². The molecule has 2 heterocycles. The Labute approximate surface area is 108 Å². The molecule has 2 N–H and O–H groups in total. The van der Waals surface area contributed by atoms with Crippen molar-refractivity contribution in [1.82, 2.24) is 14.8 Å². The molecule has 0 aliphatic heterocycles. The first kappa shape index (κ1) is 12.6. The van der Waals surface area contributed by atoms with E-state index in [1.54, 1.807) is 10.9 Å². The average molecular weight is 244 g/mol. The van der Waals surface area contributed by atoms with Gasteiger partial charge in [0.1, 0.15) is 5.82 Å². The van der Waals surface area contributed by atoms with E-state index in [0.29, 0.717) is 11.7 Å². The van der Waals surface area contributed by atoms with Crippen molar-refractivity contribution in [2.24, 2.45) is 7.05 Å². The normalized spacial score (nSPS) is 11.1. The fraction of sp³-hybridized carbons (Fsp3) is 0.429. The van der Waals surface area contributed by atoms with Crippen molar-refractivity contribution in [3.63, 3.8) is 0 Å². The van der Waals surface area contributed by atoms with E-state index in [-0.39, 0.29) is 0 Å². The third kappa shape index (κ3) is 2.10. The average Bonchev–Trinajstić information content (AvgIpc) is 2.68. The molecule has 0 atom stereocenters. The smallest absolute Gasteiger partial charge is 0.129 e. The molecule has 0 aromatic carbocycles. The number of pyridine rings is 1. The van der Waals surface area contributed by atoms with Crippen LogP contribution in [0, 0.1) is 0 Å². The summed E-state index contributed by atoms with van der Waals surface area (Å²) in [6, 6.07) is 3.96. The molecule has 0 saturated carbocycles. The van der Waals surface area contributed by atoms with Crippen LogP contribution >= 0.6 is 0 Å². The molecule has 96 valence electrons. The van der Waals surface area contributed by atoms with Crippen molar-refractivity contribution in [1.29, 1.82) is 0 Å². The monoisotopic (exact) mass is 244 g/mol. The van der Waals surface area contributed by atoms with E-state index in [1.165, 1.54) is 0 Å². The van der Waals surface area contributed by atoms with Gasteiger partial charge in [-0.2, -0.15) is 5.10 Å². The van der Waals surface area contributed by atoms with E-state index in [2.05, 4.69) is 23.9 Å². The molecule has 0 bridgehead atoms. The van der Waals surface area contributed by atoms with E-state index in [1.807, 2.05) is 25.4 Å². The van der Waals surface area contributed by atoms with E-state index < -0.39 is 0 Å². The molecule has 0 unspecified atom stereocenters. The van der Waals surface area contributed by atoms with Gasteiger partial charge in [-0.05, 0) is 18.9 Å². The summed E-state index contributed by atoms with van der Waals surface area (Å²) < 4.78 is 1.76. The van der Waals surface area contributed by atoms with Gasteiger partial charge < -0.3 is 5.73 Å². The van der Waals surface area contributed by atoms with Gasteiger partial charge in [-0.25, -0.2) is 0 Å². The Balaban J connectivity index is 2.58. The van der Waals surface area contributed by atoms with Crippen LogP contribution in [0.15, 0.2) is 24.5 Å². The summed E-state index contributed by atoms with van der Waals surface area (Å²) in [5.74, 6) is 1.16. The van der Waals surface area contributed by atoms with Gasteiger partial charge in [-0.3, -0.25) is 9.67 Å². The minimum absolute atomic E-state index is 0.448. The third-order valence-electron chi connectivity index (χ3n) is 3.44. The predicted molar refractivity (Wildman–Crippen MR) is 74.2 cm³/mol. The van der Waals surface area contributed by atoms with Gasteiger partial charge in [0.2, 0.25) is 0 Å². The third-order valence-corrected chi connectivity index (χ3v) is 3.44. The second kappa shape index (κ2) is 5.21. The maximum absolute atomic E-state index is 6.16. The van der Waals surface area contributed by atoms with Gasteiger partial charge in [-0.15, -0.1) is 0 Å². The van der Waals surface area contributed by atoms with Crippen LogP contribution in [0.5, 0.6) is 0 Å². The summed E-state index contributed by atoms with van der Waals surface area (Å²) in [5.41, 5.74) is 9.33. The molecule has 2 aromatic heterocycles. The number of anilines is 1. The molecular weight excluding hydrogens is 224 g/mol. The summed E-state index contributed by atoms with van der Waals surface area (Å²) in [7, 11) is 1.89. The number of nitrogen functional groups attached to an aromatic ring is 1. The Kier molecular flexibility index (Phi) is 3.65. The van der Waals surface area contributed by atoms with Crippen LogP contribution in [0.3, 0.4) is 0 Å². The standard InChI is InChI=1S/C14H20N4/c1-4-10(5-2)13-12(14(15)18(3)17-13)11-7-6-8-16-9-11/h6-10H,4-5,15H2,1-3H3. The molecule has 0 saturated heterocycles. The van der Waals surface area contributed by atoms with Crippen LogP contribution in [-0.2, 0) is 7.05 Å². The molecule has 0 aliphatic carbocycles. The van der Waals surface area contributed by atoms with E-state index in [4.69, 9.17) is 5.73 Å². The maximum atomic E-state index is 6.16. The van der Waals surface area contributed by atoms with Crippen molar-refractivity contribution in [3.8, 4) is 11.1 Å². The lowest BCUT2D eigenvalue weighted by Crippen LogP contribution is -1.99. The number of hydrogen-bond donors (Lipinski definition) is 1. The predicted octanol–water partition coefficient (Wildman–Crippen LogP) is 2.97. The molecule has 2 rings (SSSR count). The number of nitrogens with zero attached hydrogens (tertiary/aromatic N) is 3. The number of aryl methyl sites for hydroxylation is 1. The molecule has 0 spiro atoms. The maximum Gasteiger partial charge on any atom is 0.129 e. The summed E-state index contributed by atoms with van der Waals surface area (Å²) in [5, 5.41) is 4.59. The van der Waals surface area contributed by atoms with Gasteiger partial charge in [-0.1, -0.05) is 19.9 Å². The highest BCUT2D eigenvalue weighted by Gasteiger charge is 2.21. The van der Waals surface area contributed by atoms with Gasteiger partial charge in [0, 0.05) is 36.5 Å². The second-order valence-corrected chi connectivity index (χ2v) is 4.52. The SMILES string of the molecule is CCC(CC)c1nn(C)c(N)c1-c1cccnc1. The number of nitrogens with two attached hydrogens (primary N) is 1. The molecule has 0 radical (unpaired) electrons. The van der Waals surface area contributed by atoms with Gasteiger partial charge in [0.25, 0.3) is 0 Å². The first-order valence-corrected chi connectivity index (χ1v) is 6.41. The largest absolute Gasteiger partial charge is 0.383 e. The van der Waals surface area contributed by atoms with Crippen LogP contribution in [0.25, 0.3) is 11.1 Å². The minimum atomic E-state index is 0.448. The van der Waals surface area contributed by atoms with Crippen LogP contribution in [-0.4, -0.2) is 14.8 Å². The summed E-state index contributed by atoms with van der Waals surface area (Å²) in [6.07, 6.45) is 5.76. The fourth-order valence-corrected chi connectivity index (χ4v) is 2.33. The van der Waals surface area contributed by atoms with Gasteiger partial charge in [0.05, 0.1) is 5.69 Å². The Morgan fingerprint density at radius 2 is 2.06 bits per heavy atom. The number of hydrogen-bond acceptors (Lipinski definition) is 3. The zero-order valence-electron chi connectivity index (χ0n) is 11.2. The zero-order chi connectivity index (χ0) is 13.1. The lowest BCUT2D eigenvalue weighted by Gasteiger charge is -2.11. The van der Waals surface area contributed by atoms with Gasteiger partial charge in [0.15, 0.2) is 0 Å². The quantitative estimate of drug-likeness (QED) is 0.899. The van der Waals surface area contributed by atoms with Crippen molar-refractivity contribution < 1.29 is 0 Å². The first-order valence-electron chi connectivity index (χ1n) is 6.41. The minimum Gasteiger partial charge on any atom is -0.383 e. The van der Waals surface area contributed by atoms with Crippen molar-refractivity contribution in [2.75, 3.05) is 5.73 Å². The molecular formula is C14H20N4. The van der Waals surface area contributed by atoms with Crippen LogP contribution in [0.2, 0.25) is 0 Å². The Morgan fingerprint density at radius 3 is 2.61 bits per heavy atom. The van der Waals surface area contributed by atoms with Crippen molar-refractivity contribution >= 4 is 5.82 Å². The fourth-order valence-electron chi connectivity index (χ4n) is 2.33. The van der Waals surface area contributed by atoms with Crippen LogP contribution < -0.4 is 5.73 Å². The number of rotatable bonds is 4. The van der Waals surface area contributed by atoms with E-state index >= 15 is 0 Å². The van der Waals surface area contributed by atoms with E-state index in [0.717, 1.165) is 29.7 Å². The van der Waals surface area contributed by atoms with Crippen LogP contribution in [0.4, 0.5) is 5.82 Å². The zero-order valence-corrected chi connectivity index (χ0v) is 11.2. The summed E-state index contributed by atoms with van der Waals surface area (Å²) in [6.45, 7) is 4.37. The Hall–Kier alpha value is -1.84. The topological polar surface area (TPSA) is 56.7 Å². The first-order chi connectivity index (χ1) is 8.69. The molecule has 4 nitrogen and oxygen atoms in total. The van der Waals surface area contributed by atoms with Crippen LogP contribution in [0.1, 0.15) is 38.3 Å².